The minimum Gasteiger partial charge on any atom is -0.337 e. The molecule has 2 nitrogen and oxygen atoms in total. The lowest BCUT2D eigenvalue weighted by Gasteiger charge is -2.17. The second-order valence-electron chi connectivity index (χ2n) is 3.92. The molecule has 1 heterocycles. The molecular formula is C13H11BrINOS. The maximum Gasteiger partial charge on any atom is 0.255 e. The van der Waals surface area contributed by atoms with Crippen LogP contribution in [-0.4, -0.2) is 17.9 Å². The Hall–Kier alpha value is -0.400. The summed E-state index contributed by atoms with van der Waals surface area (Å²) in [4.78, 5) is 14.1. The largest absolute Gasteiger partial charge is 0.337 e. The molecule has 0 N–H and O–H groups in total. The van der Waals surface area contributed by atoms with E-state index in [0.717, 1.165) is 13.6 Å². The number of amides is 1. The van der Waals surface area contributed by atoms with Gasteiger partial charge in [0.05, 0.1) is 5.56 Å². The minimum atomic E-state index is 0.0339. The molecule has 0 aliphatic carbocycles. The number of carbonyl (C=O) groups is 1. The molecule has 1 aromatic heterocycles. The molecule has 5 heteroatoms. The van der Waals surface area contributed by atoms with Crippen molar-refractivity contribution in [2.24, 2.45) is 0 Å². The van der Waals surface area contributed by atoms with Crippen molar-refractivity contribution < 1.29 is 4.79 Å². The van der Waals surface area contributed by atoms with Gasteiger partial charge >= 0.3 is 0 Å². The van der Waals surface area contributed by atoms with Crippen LogP contribution in [-0.2, 0) is 6.54 Å². The number of hydrogen-bond acceptors (Lipinski definition) is 2. The van der Waals surface area contributed by atoms with E-state index in [2.05, 4.69) is 43.9 Å². The maximum absolute atomic E-state index is 12.3. The van der Waals surface area contributed by atoms with Crippen molar-refractivity contribution in [1.82, 2.24) is 4.90 Å². The van der Waals surface area contributed by atoms with E-state index in [1.165, 1.54) is 0 Å². The van der Waals surface area contributed by atoms with Gasteiger partial charge in [-0.2, -0.15) is 11.3 Å². The Morgan fingerprint density at radius 1 is 1.44 bits per heavy atom. The zero-order valence-corrected chi connectivity index (χ0v) is 14.3. The van der Waals surface area contributed by atoms with Crippen LogP contribution >= 0.6 is 49.9 Å². The summed E-state index contributed by atoms with van der Waals surface area (Å²) in [6.45, 7) is 0.639. The number of nitrogens with zero attached hydrogens (tertiary/aromatic N) is 1. The Labute approximate surface area is 132 Å². The molecule has 2 aromatic rings. The van der Waals surface area contributed by atoms with E-state index in [-0.39, 0.29) is 5.91 Å². The van der Waals surface area contributed by atoms with Crippen LogP contribution in [0.1, 0.15) is 15.9 Å². The molecule has 0 unspecified atom stereocenters. The lowest BCUT2D eigenvalue weighted by atomic mass is 10.2. The van der Waals surface area contributed by atoms with E-state index in [0.29, 0.717) is 12.1 Å². The fourth-order valence-corrected chi connectivity index (χ4v) is 3.16. The average molecular weight is 436 g/mol. The third kappa shape index (κ3) is 3.33. The summed E-state index contributed by atoms with van der Waals surface area (Å²) in [6.07, 6.45) is 0. The average Bonchev–Trinajstić information content (AvgIpc) is 2.84. The molecule has 1 aromatic carbocycles. The third-order valence-electron chi connectivity index (χ3n) is 2.51. The molecule has 0 saturated heterocycles. The van der Waals surface area contributed by atoms with Gasteiger partial charge in [-0.1, -0.05) is 0 Å². The molecule has 0 aliphatic rings. The van der Waals surface area contributed by atoms with E-state index in [1.807, 2.05) is 36.7 Å². The van der Waals surface area contributed by atoms with Gasteiger partial charge in [0, 0.05) is 21.6 Å². The molecule has 0 aliphatic heterocycles. The van der Waals surface area contributed by atoms with Crippen molar-refractivity contribution in [2.45, 2.75) is 6.54 Å². The normalized spacial score (nSPS) is 10.4. The summed E-state index contributed by atoms with van der Waals surface area (Å²) in [6, 6.07) is 7.82. The Kier molecular flexibility index (Phi) is 4.80. The van der Waals surface area contributed by atoms with Gasteiger partial charge in [-0.3, -0.25) is 4.79 Å². The van der Waals surface area contributed by atoms with Crippen LogP contribution in [0, 0.1) is 3.57 Å². The van der Waals surface area contributed by atoms with Gasteiger partial charge in [-0.25, -0.2) is 0 Å². The molecular weight excluding hydrogens is 425 g/mol. The number of hydrogen-bond donors (Lipinski definition) is 0. The van der Waals surface area contributed by atoms with Gasteiger partial charge in [0.15, 0.2) is 0 Å². The monoisotopic (exact) mass is 435 g/mol. The molecule has 0 spiro atoms. The first-order valence-electron chi connectivity index (χ1n) is 5.29. The number of carbonyl (C=O) groups excluding carboxylic acids is 1. The van der Waals surface area contributed by atoms with E-state index in [9.17, 15) is 4.79 Å². The molecule has 0 fully saturated rings. The van der Waals surface area contributed by atoms with Crippen LogP contribution in [0.4, 0.5) is 0 Å². The summed E-state index contributed by atoms with van der Waals surface area (Å²) in [5, 5.41) is 4.09. The van der Waals surface area contributed by atoms with Gasteiger partial charge in [-0.05, 0) is 79.1 Å². The first kappa shape index (κ1) is 14.0. The highest BCUT2D eigenvalue weighted by molar-refractivity contribution is 14.1. The van der Waals surface area contributed by atoms with Crippen molar-refractivity contribution in [3.63, 3.8) is 0 Å². The number of halogens is 2. The highest BCUT2D eigenvalue weighted by Crippen LogP contribution is 2.21. The predicted octanol–water partition coefficient (Wildman–Crippen LogP) is 4.39. The van der Waals surface area contributed by atoms with Crippen molar-refractivity contribution in [2.75, 3.05) is 7.05 Å². The molecule has 0 saturated carbocycles. The van der Waals surface area contributed by atoms with Gasteiger partial charge in [0.25, 0.3) is 5.91 Å². The summed E-state index contributed by atoms with van der Waals surface area (Å²) in [7, 11) is 1.83. The lowest BCUT2D eigenvalue weighted by Crippen LogP contribution is -2.26. The highest BCUT2D eigenvalue weighted by atomic mass is 127. The standard InChI is InChI=1S/C13H11BrINOS/c1-16(7-9-4-5-18-8-9)13(17)11-6-10(15)2-3-12(11)14/h2-6,8H,7H2,1H3. The van der Waals surface area contributed by atoms with E-state index >= 15 is 0 Å². The van der Waals surface area contributed by atoms with Gasteiger partial charge in [-0.15, -0.1) is 0 Å². The van der Waals surface area contributed by atoms with Crippen molar-refractivity contribution in [1.29, 1.82) is 0 Å². The highest BCUT2D eigenvalue weighted by Gasteiger charge is 2.15. The Bertz CT molecular complexity index is 556. The Morgan fingerprint density at radius 2 is 2.22 bits per heavy atom. The Balaban J connectivity index is 2.17. The number of benzene rings is 1. The lowest BCUT2D eigenvalue weighted by molar-refractivity contribution is 0.0784. The van der Waals surface area contributed by atoms with Crippen LogP contribution in [0.5, 0.6) is 0 Å². The van der Waals surface area contributed by atoms with Crippen LogP contribution < -0.4 is 0 Å². The third-order valence-corrected chi connectivity index (χ3v) is 4.60. The summed E-state index contributed by atoms with van der Waals surface area (Å²) in [5.74, 6) is 0.0339. The van der Waals surface area contributed by atoms with Crippen molar-refractivity contribution >= 4 is 55.8 Å². The zero-order valence-electron chi connectivity index (χ0n) is 9.69. The number of rotatable bonds is 3. The topological polar surface area (TPSA) is 20.3 Å². The van der Waals surface area contributed by atoms with E-state index in [1.54, 1.807) is 16.2 Å². The quantitative estimate of drug-likeness (QED) is 0.655. The Morgan fingerprint density at radius 3 is 2.89 bits per heavy atom. The van der Waals surface area contributed by atoms with Crippen LogP contribution in [0.15, 0.2) is 39.5 Å². The molecule has 18 heavy (non-hydrogen) atoms. The fourth-order valence-electron chi connectivity index (χ4n) is 1.60. The van der Waals surface area contributed by atoms with Gasteiger partial charge < -0.3 is 4.90 Å². The van der Waals surface area contributed by atoms with Crippen LogP contribution in [0.25, 0.3) is 0 Å². The van der Waals surface area contributed by atoms with Crippen molar-refractivity contribution in [3.8, 4) is 0 Å². The van der Waals surface area contributed by atoms with Crippen molar-refractivity contribution in [3.05, 3.63) is 54.2 Å². The minimum absolute atomic E-state index is 0.0339. The SMILES string of the molecule is CN(Cc1ccsc1)C(=O)c1cc(I)ccc1Br. The molecule has 0 atom stereocenters. The zero-order chi connectivity index (χ0) is 13.1. The predicted molar refractivity (Wildman–Crippen MR) is 87.0 cm³/mol. The smallest absolute Gasteiger partial charge is 0.255 e. The van der Waals surface area contributed by atoms with Gasteiger partial charge in [0.2, 0.25) is 0 Å². The van der Waals surface area contributed by atoms with Crippen LogP contribution in [0.3, 0.4) is 0 Å². The maximum atomic E-state index is 12.3. The molecule has 2 rings (SSSR count). The summed E-state index contributed by atoms with van der Waals surface area (Å²) in [5.41, 5.74) is 1.87. The van der Waals surface area contributed by atoms with E-state index < -0.39 is 0 Å². The van der Waals surface area contributed by atoms with Crippen LogP contribution in [0.2, 0.25) is 0 Å². The first-order valence-corrected chi connectivity index (χ1v) is 8.11. The summed E-state index contributed by atoms with van der Waals surface area (Å²) < 4.78 is 1.90. The number of thiophene rings is 1. The van der Waals surface area contributed by atoms with Gasteiger partial charge in [0.1, 0.15) is 0 Å². The summed E-state index contributed by atoms with van der Waals surface area (Å²) >= 11 is 7.29. The van der Waals surface area contributed by atoms with E-state index in [4.69, 9.17) is 0 Å². The molecule has 94 valence electrons. The first-order chi connectivity index (χ1) is 8.58. The fraction of sp³-hybridized carbons (Fsp3) is 0.154. The molecule has 0 bridgehead atoms. The molecule has 0 radical (unpaired) electrons. The second-order valence-corrected chi connectivity index (χ2v) is 6.80. The second kappa shape index (κ2) is 6.16. The molecule has 1 amide bonds.